The Bertz CT molecular complexity index is 831. The van der Waals surface area contributed by atoms with Crippen molar-refractivity contribution >= 4 is 5.97 Å². The van der Waals surface area contributed by atoms with Gasteiger partial charge in [-0.2, -0.15) is 5.06 Å². The number of nitrogens with zero attached hydrogens (tertiary/aromatic N) is 1. The number of esters is 1. The summed E-state index contributed by atoms with van der Waals surface area (Å²) >= 11 is 0. The third-order valence-electron chi connectivity index (χ3n) is 6.31. The van der Waals surface area contributed by atoms with E-state index in [4.69, 9.17) is 28.5 Å². The van der Waals surface area contributed by atoms with Gasteiger partial charge in [0, 0.05) is 7.05 Å². The van der Waals surface area contributed by atoms with Crippen LogP contribution in [-0.4, -0.2) is 78.5 Å². The van der Waals surface area contributed by atoms with Crippen molar-refractivity contribution in [1.82, 2.24) is 5.06 Å². The van der Waals surface area contributed by atoms with Gasteiger partial charge in [0.2, 0.25) is 0 Å². The first kappa shape index (κ1) is 24.5. The van der Waals surface area contributed by atoms with Crippen LogP contribution in [0.2, 0.25) is 0 Å². The molecule has 1 N–H and O–H groups in total. The van der Waals surface area contributed by atoms with Gasteiger partial charge < -0.3 is 28.8 Å². The monoisotopic (exact) mass is 465 g/mol. The van der Waals surface area contributed by atoms with Crippen LogP contribution in [-0.2, 0) is 33.3 Å². The molecule has 0 spiro atoms. The zero-order chi connectivity index (χ0) is 24.0. The van der Waals surface area contributed by atoms with Gasteiger partial charge >= 0.3 is 5.97 Å². The molecule has 3 fully saturated rings. The molecule has 33 heavy (non-hydrogen) atoms. The standard InChI is InChI=1S/C24H35NO8/c1-7-28-22(27)16-17(14-11-9-8-10-12-14)25(6)33-19(16)21-20(31-24(4,5)32-21)18(26)15-13-29-23(2,3)30-15/h8-12,15-21,26H,7,13H2,1-6H3. The second-order valence-corrected chi connectivity index (χ2v) is 9.67. The SMILES string of the molecule is CCOC(=O)C1C(C2OC(C)(C)OC2C(O)C2COC(C)(C)O2)ON(C)C1c1ccccc1. The first-order valence-corrected chi connectivity index (χ1v) is 11.5. The van der Waals surface area contributed by atoms with E-state index < -0.39 is 48.0 Å². The Morgan fingerprint density at radius 2 is 1.82 bits per heavy atom. The smallest absolute Gasteiger partial charge is 0.313 e. The van der Waals surface area contributed by atoms with Crippen molar-refractivity contribution in [3.63, 3.8) is 0 Å². The minimum absolute atomic E-state index is 0.223. The lowest BCUT2D eigenvalue weighted by Crippen LogP contribution is -2.51. The fourth-order valence-electron chi connectivity index (χ4n) is 4.99. The van der Waals surface area contributed by atoms with Crippen LogP contribution in [0.15, 0.2) is 30.3 Å². The summed E-state index contributed by atoms with van der Waals surface area (Å²) in [4.78, 5) is 19.4. The molecule has 3 saturated heterocycles. The van der Waals surface area contributed by atoms with Crippen molar-refractivity contribution in [2.45, 2.75) is 82.8 Å². The Labute approximate surface area is 194 Å². The van der Waals surface area contributed by atoms with E-state index in [0.29, 0.717) is 0 Å². The second kappa shape index (κ2) is 9.22. The summed E-state index contributed by atoms with van der Waals surface area (Å²) in [5.74, 6) is -2.86. The summed E-state index contributed by atoms with van der Waals surface area (Å²) in [6.07, 6.45) is -3.93. The van der Waals surface area contributed by atoms with Crippen LogP contribution in [0.5, 0.6) is 0 Å². The van der Waals surface area contributed by atoms with Crippen molar-refractivity contribution in [2.24, 2.45) is 5.92 Å². The van der Waals surface area contributed by atoms with E-state index in [0.717, 1.165) is 5.56 Å². The lowest BCUT2D eigenvalue weighted by atomic mass is 9.84. The van der Waals surface area contributed by atoms with E-state index >= 15 is 0 Å². The van der Waals surface area contributed by atoms with Crippen molar-refractivity contribution in [2.75, 3.05) is 20.3 Å². The van der Waals surface area contributed by atoms with Gasteiger partial charge in [0.15, 0.2) is 11.6 Å². The fraction of sp³-hybridized carbons (Fsp3) is 0.708. The van der Waals surface area contributed by atoms with E-state index in [1.54, 1.807) is 46.7 Å². The van der Waals surface area contributed by atoms with Crippen LogP contribution in [0.1, 0.15) is 46.2 Å². The molecule has 1 aromatic carbocycles. The molecule has 0 amide bonds. The molecule has 0 aliphatic carbocycles. The molecule has 9 nitrogen and oxygen atoms in total. The van der Waals surface area contributed by atoms with E-state index in [1.165, 1.54) is 0 Å². The lowest BCUT2D eigenvalue weighted by Gasteiger charge is -2.30. The molecule has 0 saturated carbocycles. The van der Waals surface area contributed by atoms with Gasteiger partial charge in [-0.15, -0.1) is 0 Å². The maximum Gasteiger partial charge on any atom is 0.313 e. The zero-order valence-electron chi connectivity index (χ0n) is 20.1. The summed E-state index contributed by atoms with van der Waals surface area (Å²) in [5, 5.41) is 12.9. The van der Waals surface area contributed by atoms with Crippen molar-refractivity contribution in [3.05, 3.63) is 35.9 Å². The molecule has 0 aromatic heterocycles. The molecular formula is C24H35NO8. The molecule has 9 heteroatoms. The average Bonchev–Trinajstić information content (AvgIpc) is 3.40. The van der Waals surface area contributed by atoms with Crippen molar-refractivity contribution in [3.8, 4) is 0 Å². The van der Waals surface area contributed by atoms with E-state index in [9.17, 15) is 9.90 Å². The van der Waals surface area contributed by atoms with Crippen LogP contribution in [0.4, 0.5) is 0 Å². The molecule has 1 aromatic rings. The molecule has 184 valence electrons. The maximum absolute atomic E-state index is 13.2. The number of carbonyl (C=O) groups excluding carboxylic acids is 1. The van der Waals surface area contributed by atoms with Crippen molar-refractivity contribution < 1.29 is 38.4 Å². The Morgan fingerprint density at radius 3 is 2.42 bits per heavy atom. The first-order chi connectivity index (χ1) is 15.5. The van der Waals surface area contributed by atoms with Gasteiger partial charge in [-0.3, -0.25) is 9.63 Å². The normalized spacial score (nSPS) is 36.7. The molecule has 4 rings (SSSR count). The highest BCUT2D eigenvalue weighted by molar-refractivity contribution is 5.75. The largest absolute Gasteiger partial charge is 0.466 e. The number of benzene rings is 1. The van der Waals surface area contributed by atoms with Gasteiger partial charge in [0.05, 0.1) is 19.3 Å². The molecule has 0 bridgehead atoms. The minimum atomic E-state index is -1.05. The van der Waals surface area contributed by atoms with Gasteiger partial charge in [0.1, 0.15) is 36.4 Å². The number of aliphatic hydroxyl groups excluding tert-OH is 1. The summed E-state index contributed by atoms with van der Waals surface area (Å²) in [7, 11) is 1.78. The Kier molecular flexibility index (Phi) is 6.85. The van der Waals surface area contributed by atoms with Gasteiger partial charge in [-0.25, -0.2) is 0 Å². The highest BCUT2D eigenvalue weighted by atomic mass is 16.8. The number of hydroxylamine groups is 2. The zero-order valence-corrected chi connectivity index (χ0v) is 20.1. The summed E-state index contributed by atoms with van der Waals surface area (Å²) < 4.78 is 29.3. The maximum atomic E-state index is 13.2. The predicted octanol–water partition coefficient (Wildman–Crippen LogP) is 2.19. The summed E-state index contributed by atoms with van der Waals surface area (Å²) in [6, 6.07) is 9.28. The van der Waals surface area contributed by atoms with E-state index in [2.05, 4.69) is 0 Å². The van der Waals surface area contributed by atoms with E-state index in [-0.39, 0.29) is 25.2 Å². The van der Waals surface area contributed by atoms with Crippen LogP contribution >= 0.6 is 0 Å². The van der Waals surface area contributed by atoms with Gasteiger partial charge in [-0.1, -0.05) is 30.3 Å². The predicted molar refractivity (Wildman–Crippen MR) is 117 cm³/mol. The number of aliphatic hydroxyl groups is 1. The Hall–Kier alpha value is -1.59. The molecule has 7 unspecified atom stereocenters. The van der Waals surface area contributed by atoms with Crippen LogP contribution < -0.4 is 0 Å². The molecule has 3 aliphatic heterocycles. The Balaban J connectivity index is 1.65. The number of ether oxygens (including phenoxy) is 5. The number of hydrogen-bond acceptors (Lipinski definition) is 9. The fourth-order valence-corrected chi connectivity index (χ4v) is 4.99. The summed E-state index contributed by atoms with van der Waals surface area (Å²) in [6.45, 7) is 9.38. The average molecular weight is 466 g/mol. The molecule has 3 aliphatic rings. The van der Waals surface area contributed by atoms with Gasteiger partial charge in [0.25, 0.3) is 0 Å². The molecule has 7 atom stereocenters. The van der Waals surface area contributed by atoms with Crippen LogP contribution in [0.3, 0.4) is 0 Å². The lowest BCUT2D eigenvalue weighted by molar-refractivity contribution is -0.197. The van der Waals surface area contributed by atoms with Crippen LogP contribution in [0.25, 0.3) is 0 Å². The number of rotatable bonds is 6. The second-order valence-electron chi connectivity index (χ2n) is 9.67. The van der Waals surface area contributed by atoms with E-state index in [1.807, 2.05) is 30.3 Å². The quantitative estimate of drug-likeness (QED) is 0.634. The minimum Gasteiger partial charge on any atom is -0.466 e. The van der Waals surface area contributed by atoms with Crippen LogP contribution in [0, 0.1) is 5.92 Å². The highest BCUT2D eigenvalue weighted by Gasteiger charge is 2.59. The number of carbonyl (C=O) groups is 1. The third kappa shape index (κ3) is 4.95. The van der Waals surface area contributed by atoms with Crippen molar-refractivity contribution in [1.29, 1.82) is 0 Å². The first-order valence-electron chi connectivity index (χ1n) is 11.5. The molecule has 3 heterocycles. The molecular weight excluding hydrogens is 430 g/mol. The summed E-state index contributed by atoms with van der Waals surface area (Å²) in [5.41, 5.74) is 0.921. The molecule has 0 radical (unpaired) electrons. The number of hydrogen-bond donors (Lipinski definition) is 1. The topological polar surface area (TPSA) is 95.9 Å². The third-order valence-corrected chi connectivity index (χ3v) is 6.31. The highest BCUT2D eigenvalue weighted by Crippen LogP contribution is 2.45. The van der Waals surface area contributed by atoms with Gasteiger partial charge in [-0.05, 0) is 40.2 Å². The Morgan fingerprint density at radius 1 is 1.12 bits per heavy atom.